The van der Waals surface area contributed by atoms with Crippen LogP contribution in [0.1, 0.15) is 17.3 Å². The number of carbonyl (C=O) groups excluding carboxylic acids is 2. The number of aromatic nitrogens is 3. The molecule has 0 saturated carbocycles. The van der Waals surface area contributed by atoms with Crippen LogP contribution in [0.3, 0.4) is 0 Å². The predicted molar refractivity (Wildman–Crippen MR) is 105 cm³/mol. The Morgan fingerprint density at radius 2 is 2.11 bits per heavy atom. The fourth-order valence-electron chi connectivity index (χ4n) is 2.64. The summed E-state index contributed by atoms with van der Waals surface area (Å²) in [5.41, 5.74) is 1.03. The van der Waals surface area contributed by atoms with Crippen molar-refractivity contribution in [3.63, 3.8) is 0 Å². The van der Waals surface area contributed by atoms with Crippen molar-refractivity contribution in [2.24, 2.45) is 0 Å². The molecule has 2 heterocycles. The number of nitrogens with zero attached hydrogens (tertiary/aromatic N) is 4. The highest BCUT2D eigenvalue weighted by molar-refractivity contribution is 5.99. The molecule has 28 heavy (non-hydrogen) atoms. The van der Waals surface area contributed by atoms with Crippen LogP contribution in [0.15, 0.2) is 61.3 Å². The van der Waals surface area contributed by atoms with Crippen molar-refractivity contribution in [3.8, 4) is 11.6 Å². The first-order valence-corrected chi connectivity index (χ1v) is 8.78. The Kier molecular flexibility index (Phi) is 6.01. The Morgan fingerprint density at radius 3 is 2.75 bits per heavy atom. The second-order valence-corrected chi connectivity index (χ2v) is 5.97. The number of carbonyl (C=O) groups is 2. The number of likely N-dealkylation sites (N-methyl/N-ethyl adjacent to an activating group) is 1. The minimum Gasteiger partial charge on any atom is -0.497 e. The van der Waals surface area contributed by atoms with Gasteiger partial charge in [-0.25, -0.2) is 9.97 Å². The minimum absolute atomic E-state index is 0.0597. The van der Waals surface area contributed by atoms with E-state index in [0.29, 0.717) is 29.4 Å². The van der Waals surface area contributed by atoms with Crippen molar-refractivity contribution < 1.29 is 14.3 Å². The van der Waals surface area contributed by atoms with Crippen LogP contribution in [0, 0.1) is 0 Å². The summed E-state index contributed by atoms with van der Waals surface area (Å²) in [7, 11) is 1.56. The molecule has 0 bridgehead atoms. The molecule has 0 aliphatic heterocycles. The van der Waals surface area contributed by atoms with Gasteiger partial charge in [0.25, 0.3) is 5.91 Å². The van der Waals surface area contributed by atoms with E-state index in [1.54, 1.807) is 66.8 Å². The third-order valence-electron chi connectivity index (χ3n) is 4.12. The molecule has 2 aromatic heterocycles. The minimum atomic E-state index is -0.286. The van der Waals surface area contributed by atoms with E-state index in [1.807, 2.05) is 6.92 Å². The number of imidazole rings is 1. The first kappa shape index (κ1) is 19.1. The van der Waals surface area contributed by atoms with Gasteiger partial charge in [-0.15, -0.1) is 0 Å². The van der Waals surface area contributed by atoms with E-state index in [4.69, 9.17) is 4.74 Å². The van der Waals surface area contributed by atoms with Crippen LogP contribution in [0.5, 0.6) is 5.75 Å². The molecule has 2 amide bonds. The van der Waals surface area contributed by atoms with Gasteiger partial charge >= 0.3 is 0 Å². The zero-order valence-corrected chi connectivity index (χ0v) is 15.7. The Balaban J connectivity index is 1.65. The second-order valence-electron chi connectivity index (χ2n) is 5.97. The summed E-state index contributed by atoms with van der Waals surface area (Å²) in [5, 5.41) is 2.78. The van der Waals surface area contributed by atoms with E-state index < -0.39 is 0 Å². The van der Waals surface area contributed by atoms with E-state index in [2.05, 4.69) is 15.3 Å². The molecular formula is C20H21N5O3. The topological polar surface area (TPSA) is 89.4 Å². The summed E-state index contributed by atoms with van der Waals surface area (Å²) in [4.78, 5) is 34.8. The van der Waals surface area contributed by atoms with Gasteiger partial charge in [0.2, 0.25) is 5.91 Å². The van der Waals surface area contributed by atoms with Gasteiger partial charge in [0.15, 0.2) is 0 Å². The van der Waals surface area contributed by atoms with E-state index >= 15 is 0 Å². The van der Waals surface area contributed by atoms with Crippen LogP contribution in [-0.4, -0.2) is 51.4 Å². The highest BCUT2D eigenvalue weighted by Crippen LogP contribution is 2.16. The summed E-state index contributed by atoms with van der Waals surface area (Å²) < 4.78 is 6.89. The molecule has 8 heteroatoms. The SMILES string of the molecule is CCN(CC(=O)Nc1cccc(OC)c1)C(=O)c1ccc(-n2ccnc2)nc1. The van der Waals surface area contributed by atoms with Gasteiger partial charge in [0, 0.05) is 36.9 Å². The quantitative estimate of drug-likeness (QED) is 0.681. The van der Waals surface area contributed by atoms with Gasteiger partial charge in [-0.05, 0) is 31.2 Å². The van der Waals surface area contributed by atoms with Gasteiger partial charge < -0.3 is 15.0 Å². The molecule has 0 fully saturated rings. The van der Waals surface area contributed by atoms with Crippen molar-refractivity contribution in [1.29, 1.82) is 0 Å². The molecule has 3 aromatic rings. The summed E-state index contributed by atoms with van der Waals surface area (Å²) in [5.74, 6) is 0.762. The molecule has 0 spiro atoms. The van der Waals surface area contributed by atoms with Crippen LogP contribution in [0.25, 0.3) is 5.82 Å². The van der Waals surface area contributed by atoms with Gasteiger partial charge in [-0.3, -0.25) is 14.2 Å². The average molecular weight is 379 g/mol. The molecule has 0 aliphatic rings. The molecule has 8 nitrogen and oxygen atoms in total. The molecule has 1 N–H and O–H groups in total. The Bertz CT molecular complexity index is 939. The van der Waals surface area contributed by atoms with Crippen molar-refractivity contribution >= 4 is 17.5 Å². The lowest BCUT2D eigenvalue weighted by molar-refractivity contribution is -0.116. The molecule has 0 unspecified atom stereocenters. The smallest absolute Gasteiger partial charge is 0.255 e. The van der Waals surface area contributed by atoms with Crippen molar-refractivity contribution in [1.82, 2.24) is 19.4 Å². The maximum atomic E-state index is 12.7. The first-order chi connectivity index (χ1) is 13.6. The lowest BCUT2D eigenvalue weighted by Crippen LogP contribution is -2.37. The number of benzene rings is 1. The number of pyridine rings is 1. The van der Waals surface area contributed by atoms with Crippen LogP contribution >= 0.6 is 0 Å². The Labute approximate surface area is 162 Å². The Hall–Kier alpha value is -3.68. The van der Waals surface area contributed by atoms with Crippen molar-refractivity contribution in [2.45, 2.75) is 6.92 Å². The lowest BCUT2D eigenvalue weighted by Gasteiger charge is -2.20. The van der Waals surface area contributed by atoms with Crippen molar-refractivity contribution in [3.05, 3.63) is 66.9 Å². The number of hydrogen-bond donors (Lipinski definition) is 1. The highest BCUT2D eigenvalue weighted by Gasteiger charge is 2.18. The number of nitrogens with one attached hydrogen (secondary N) is 1. The average Bonchev–Trinajstić information content (AvgIpc) is 3.26. The third kappa shape index (κ3) is 4.53. The van der Waals surface area contributed by atoms with Gasteiger partial charge in [-0.2, -0.15) is 0 Å². The molecule has 0 saturated heterocycles. The number of ether oxygens (including phenoxy) is 1. The highest BCUT2D eigenvalue weighted by atomic mass is 16.5. The van der Waals surface area contributed by atoms with E-state index in [0.717, 1.165) is 0 Å². The number of anilines is 1. The summed E-state index contributed by atoms with van der Waals surface area (Å²) >= 11 is 0. The van der Waals surface area contributed by atoms with Gasteiger partial charge in [-0.1, -0.05) is 6.07 Å². The molecule has 0 radical (unpaired) electrons. The summed E-state index contributed by atoms with van der Waals surface area (Å²) in [6, 6.07) is 10.5. The molecule has 3 rings (SSSR count). The zero-order valence-electron chi connectivity index (χ0n) is 15.7. The lowest BCUT2D eigenvalue weighted by atomic mass is 10.2. The maximum absolute atomic E-state index is 12.7. The second kappa shape index (κ2) is 8.81. The molecule has 0 aliphatic carbocycles. The third-order valence-corrected chi connectivity index (χ3v) is 4.12. The van der Waals surface area contributed by atoms with E-state index in [-0.39, 0.29) is 18.4 Å². The number of rotatable bonds is 7. The maximum Gasteiger partial charge on any atom is 0.255 e. The number of methoxy groups -OCH3 is 1. The normalized spacial score (nSPS) is 10.4. The standard InChI is InChI=1S/C20H21N5O3/c1-3-24(13-19(26)23-16-5-4-6-17(11-16)28-2)20(27)15-7-8-18(22-12-15)25-10-9-21-14-25/h4-12,14H,3,13H2,1-2H3,(H,23,26). The predicted octanol–water partition coefficient (Wildman–Crippen LogP) is 2.38. The van der Waals surface area contributed by atoms with Crippen molar-refractivity contribution in [2.75, 3.05) is 25.5 Å². The summed E-state index contributed by atoms with van der Waals surface area (Å²) in [6.07, 6.45) is 6.55. The van der Waals surface area contributed by atoms with Crippen LogP contribution in [0.2, 0.25) is 0 Å². The fourth-order valence-corrected chi connectivity index (χ4v) is 2.64. The molecule has 0 atom stereocenters. The van der Waals surface area contributed by atoms with Crippen LogP contribution in [0.4, 0.5) is 5.69 Å². The first-order valence-electron chi connectivity index (χ1n) is 8.78. The number of hydrogen-bond acceptors (Lipinski definition) is 5. The molecule has 1 aromatic carbocycles. The van der Waals surface area contributed by atoms with E-state index in [9.17, 15) is 9.59 Å². The van der Waals surface area contributed by atoms with Crippen LogP contribution in [-0.2, 0) is 4.79 Å². The molecule has 144 valence electrons. The zero-order chi connectivity index (χ0) is 19.9. The van der Waals surface area contributed by atoms with Gasteiger partial charge in [0.05, 0.1) is 12.7 Å². The Morgan fingerprint density at radius 1 is 1.25 bits per heavy atom. The fraction of sp³-hybridized carbons (Fsp3) is 0.200. The summed E-state index contributed by atoms with van der Waals surface area (Å²) in [6.45, 7) is 2.16. The number of amides is 2. The largest absolute Gasteiger partial charge is 0.497 e. The molecular weight excluding hydrogens is 358 g/mol. The van der Waals surface area contributed by atoms with E-state index in [1.165, 1.54) is 11.1 Å². The van der Waals surface area contributed by atoms with Crippen LogP contribution < -0.4 is 10.1 Å². The van der Waals surface area contributed by atoms with Gasteiger partial charge in [0.1, 0.15) is 24.4 Å². The monoisotopic (exact) mass is 379 g/mol.